The third-order valence-corrected chi connectivity index (χ3v) is 5.38. The van der Waals surface area contributed by atoms with Gasteiger partial charge in [-0.25, -0.2) is 9.59 Å². The van der Waals surface area contributed by atoms with Gasteiger partial charge < -0.3 is 14.4 Å². The molecule has 1 atom stereocenters. The zero-order valence-electron chi connectivity index (χ0n) is 18.9. The number of rotatable bonds is 7. The summed E-state index contributed by atoms with van der Waals surface area (Å²) in [5.74, 6) is 0. The molecule has 2 aliphatic heterocycles. The van der Waals surface area contributed by atoms with E-state index in [4.69, 9.17) is 9.47 Å². The molecule has 0 N–H and O–H groups in total. The van der Waals surface area contributed by atoms with Gasteiger partial charge in [0.25, 0.3) is 0 Å². The van der Waals surface area contributed by atoms with Gasteiger partial charge in [0.15, 0.2) is 0 Å². The van der Waals surface area contributed by atoms with Crippen molar-refractivity contribution in [3.63, 3.8) is 0 Å². The summed E-state index contributed by atoms with van der Waals surface area (Å²) in [6.07, 6.45) is 8.91. The zero-order valence-corrected chi connectivity index (χ0v) is 18.9. The number of hydrogen-bond donors (Lipinski definition) is 0. The van der Waals surface area contributed by atoms with E-state index in [-0.39, 0.29) is 18.2 Å². The van der Waals surface area contributed by atoms with Gasteiger partial charge in [-0.05, 0) is 23.6 Å². The van der Waals surface area contributed by atoms with E-state index < -0.39 is 0 Å². The lowest BCUT2D eigenvalue weighted by atomic mass is 10.0. The van der Waals surface area contributed by atoms with Crippen LogP contribution in [0.4, 0.5) is 9.59 Å². The molecule has 2 heterocycles. The van der Waals surface area contributed by atoms with Crippen molar-refractivity contribution in [1.29, 1.82) is 0 Å². The summed E-state index contributed by atoms with van der Waals surface area (Å²) >= 11 is 0. The van der Waals surface area contributed by atoms with Crippen LogP contribution in [-0.4, -0.2) is 41.7 Å². The molecule has 2 amide bonds. The highest BCUT2D eigenvalue weighted by Gasteiger charge is 2.34. The first kappa shape index (κ1) is 23.9. The number of hydrogen-bond acceptors (Lipinski definition) is 4. The second kappa shape index (κ2) is 12.3. The third kappa shape index (κ3) is 6.59. The molecule has 4 rings (SSSR count). The fraction of sp³-hybridized carbons (Fsp3) is 0.259. The van der Waals surface area contributed by atoms with Gasteiger partial charge in [0, 0.05) is 6.54 Å². The first-order chi connectivity index (χ1) is 16.1. The van der Waals surface area contributed by atoms with Gasteiger partial charge in [-0.15, -0.1) is 0 Å². The van der Waals surface area contributed by atoms with Gasteiger partial charge >= 0.3 is 12.2 Å². The number of benzene rings is 2. The highest BCUT2D eigenvalue weighted by molar-refractivity contribution is 5.71. The fourth-order valence-electron chi connectivity index (χ4n) is 3.65. The summed E-state index contributed by atoms with van der Waals surface area (Å²) in [4.78, 5) is 27.5. The van der Waals surface area contributed by atoms with Gasteiger partial charge in [0.05, 0.1) is 19.1 Å². The number of carbonyl (C=O) groups excluding carboxylic acids is 2. The SMILES string of the molecule is C=C/C=C\C=C/C.O=C1OCCN1Cc1ccccc1CN1C(=O)OC[C@H]1c1ccccc1. The number of nitrogens with zero attached hydrogens (tertiary/aromatic N) is 2. The molecule has 0 aromatic heterocycles. The largest absolute Gasteiger partial charge is 0.448 e. The number of allylic oxidation sites excluding steroid dienone is 5. The maximum atomic E-state index is 12.3. The first-order valence-electron chi connectivity index (χ1n) is 11.0. The number of carbonyl (C=O) groups is 2. The zero-order chi connectivity index (χ0) is 23.5. The number of ether oxygens (including phenoxy) is 2. The monoisotopic (exact) mass is 446 g/mol. The van der Waals surface area contributed by atoms with E-state index in [0.29, 0.717) is 32.8 Å². The minimum absolute atomic E-state index is 0.103. The number of cyclic esters (lactones) is 2. The normalized spacial score (nSPS) is 17.8. The molecule has 0 saturated carbocycles. The van der Waals surface area contributed by atoms with Gasteiger partial charge in [-0.3, -0.25) is 4.90 Å². The van der Waals surface area contributed by atoms with Gasteiger partial charge in [0.1, 0.15) is 13.2 Å². The van der Waals surface area contributed by atoms with Crippen molar-refractivity contribution >= 4 is 12.2 Å². The van der Waals surface area contributed by atoms with Crippen LogP contribution in [0.2, 0.25) is 0 Å². The summed E-state index contributed by atoms with van der Waals surface area (Å²) in [7, 11) is 0. The van der Waals surface area contributed by atoms with Crippen LogP contribution >= 0.6 is 0 Å². The predicted octanol–water partition coefficient (Wildman–Crippen LogP) is 5.64. The van der Waals surface area contributed by atoms with Gasteiger partial charge in [-0.2, -0.15) is 0 Å². The van der Waals surface area contributed by atoms with Crippen molar-refractivity contribution < 1.29 is 19.1 Å². The predicted molar refractivity (Wildman–Crippen MR) is 128 cm³/mol. The molecule has 33 heavy (non-hydrogen) atoms. The highest BCUT2D eigenvalue weighted by atomic mass is 16.6. The van der Waals surface area contributed by atoms with Crippen LogP contribution in [0.15, 0.2) is 91.6 Å². The molecule has 0 aliphatic carbocycles. The average Bonchev–Trinajstić information content (AvgIpc) is 3.41. The van der Waals surface area contributed by atoms with E-state index in [1.807, 2.05) is 85.8 Å². The van der Waals surface area contributed by atoms with Crippen molar-refractivity contribution in [3.8, 4) is 0 Å². The summed E-state index contributed by atoms with van der Waals surface area (Å²) in [5, 5.41) is 0. The Morgan fingerprint density at radius 1 is 0.909 bits per heavy atom. The minimum Gasteiger partial charge on any atom is -0.448 e. The molecule has 2 saturated heterocycles. The van der Waals surface area contributed by atoms with Gasteiger partial charge in [0.2, 0.25) is 0 Å². The van der Waals surface area contributed by atoms with E-state index >= 15 is 0 Å². The molecular weight excluding hydrogens is 416 g/mol. The summed E-state index contributed by atoms with van der Waals surface area (Å²) in [6.45, 7) is 7.78. The molecule has 6 heteroatoms. The molecule has 2 aliphatic rings. The van der Waals surface area contributed by atoms with Crippen molar-refractivity contribution in [1.82, 2.24) is 9.80 Å². The lowest BCUT2D eigenvalue weighted by Crippen LogP contribution is -2.29. The Morgan fingerprint density at radius 3 is 2.24 bits per heavy atom. The van der Waals surface area contributed by atoms with Gasteiger partial charge in [-0.1, -0.05) is 91.6 Å². The summed E-state index contributed by atoms with van der Waals surface area (Å²) in [5.41, 5.74) is 3.07. The molecule has 2 aromatic rings. The van der Waals surface area contributed by atoms with E-state index in [1.165, 1.54) is 0 Å². The second-order valence-electron chi connectivity index (χ2n) is 7.58. The highest BCUT2D eigenvalue weighted by Crippen LogP contribution is 2.30. The maximum absolute atomic E-state index is 12.3. The van der Waals surface area contributed by atoms with Crippen molar-refractivity contribution in [2.24, 2.45) is 0 Å². The minimum atomic E-state index is -0.311. The van der Waals surface area contributed by atoms with Crippen molar-refractivity contribution in [3.05, 3.63) is 108 Å². The van der Waals surface area contributed by atoms with Crippen LogP contribution in [-0.2, 0) is 22.6 Å². The lowest BCUT2D eigenvalue weighted by Gasteiger charge is -2.24. The molecule has 2 aromatic carbocycles. The first-order valence-corrected chi connectivity index (χ1v) is 11.0. The van der Waals surface area contributed by atoms with Crippen LogP contribution in [0.3, 0.4) is 0 Å². The molecular formula is C27H30N2O4. The summed E-state index contributed by atoms with van der Waals surface area (Å²) in [6, 6.07) is 17.6. The molecule has 172 valence electrons. The number of amides is 2. The Bertz CT molecular complexity index is 1000. The van der Waals surface area contributed by atoms with Crippen LogP contribution < -0.4 is 0 Å². The third-order valence-electron chi connectivity index (χ3n) is 5.38. The van der Waals surface area contributed by atoms with Crippen molar-refractivity contribution in [2.45, 2.75) is 26.1 Å². The Morgan fingerprint density at radius 2 is 1.61 bits per heavy atom. The molecule has 6 nitrogen and oxygen atoms in total. The Labute approximate surface area is 195 Å². The van der Waals surface area contributed by atoms with Crippen LogP contribution in [0, 0.1) is 0 Å². The average molecular weight is 447 g/mol. The standard InChI is InChI=1S/C20H20N2O4.C7H10/c23-19-21(10-11-25-19)12-16-8-4-5-9-17(16)13-22-18(14-26-20(22)24)15-6-2-1-3-7-15;1-3-5-7-6-4-2/h1-9,18H,10-14H2;3-7H,1H2,2H3/b;6-4-,7-5-/t18-;/m0./s1. The van der Waals surface area contributed by atoms with Crippen molar-refractivity contribution in [2.75, 3.05) is 19.8 Å². The molecule has 0 spiro atoms. The molecule has 0 radical (unpaired) electrons. The van der Waals surface area contributed by atoms with Crippen LogP contribution in [0.25, 0.3) is 0 Å². The Kier molecular flexibility index (Phi) is 8.88. The smallest absolute Gasteiger partial charge is 0.410 e. The quantitative estimate of drug-likeness (QED) is 0.517. The second-order valence-corrected chi connectivity index (χ2v) is 7.58. The molecule has 0 unspecified atom stereocenters. The lowest BCUT2D eigenvalue weighted by molar-refractivity contribution is 0.154. The van der Waals surface area contributed by atoms with E-state index in [2.05, 4.69) is 6.58 Å². The van der Waals surface area contributed by atoms with E-state index in [0.717, 1.165) is 16.7 Å². The Hall–Kier alpha value is -3.80. The van der Waals surface area contributed by atoms with Crippen LogP contribution in [0.5, 0.6) is 0 Å². The topological polar surface area (TPSA) is 59.1 Å². The van der Waals surface area contributed by atoms with Crippen LogP contribution in [0.1, 0.15) is 29.7 Å². The maximum Gasteiger partial charge on any atom is 0.410 e. The fourth-order valence-corrected chi connectivity index (χ4v) is 3.65. The molecule has 0 bridgehead atoms. The van der Waals surface area contributed by atoms with E-state index in [9.17, 15) is 9.59 Å². The summed E-state index contributed by atoms with van der Waals surface area (Å²) < 4.78 is 10.3. The molecule has 2 fully saturated rings. The Balaban J connectivity index is 0.000000383. The van der Waals surface area contributed by atoms with E-state index in [1.54, 1.807) is 15.9 Å².